The fraction of sp³-hybridized carbons (Fsp3) is 0.870. The first-order valence-corrected chi connectivity index (χ1v) is 12.4. The van der Waals surface area contributed by atoms with E-state index in [0.717, 1.165) is 5.69 Å². The number of carbonyl (C=O) groups excluding carboxylic acids is 1. The quantitative estimate of drug-likeness (QED) is 0.227. The molecule has 0 saturated carbocycles. The SMILES string of the molecule is Cc1cn(CCOCCOCCOCCNC(=O)C2O[C@@H](OC(C)C)[C@@H](O)[C@@H](O)[C@@H]2OC(C)C)nn1. The molecule has 208 valence electrons. The second-order valence-corrected chi connectivity index (χ2v) is 8.99. The molecule has 0 bridgehead atoms. The zero-order chi connectivity index (χ0) is 26.5. The van der Waals surface area contributed by atoms with Gasteiger partial charge in [-0.15, -0.1) is 5.10 Å². The number of aliphatic hydroxyl groups excluding tert-OH is 2. The smallest absolute Gasteiger partial charge is 0.252 e. The van der Waals surface area contributed by atoms with Crippen molar-refractivity contribution in [2.24, 2.45) is 0 Å². The molecule has 13 heteroatoms. The van der Waals surface area contributed by atoms with Gasteiger partial charge in [-0.3, -0.25) is 4.79 Å². The number of ether oxygens (including phenoxy) is 6. The van der Waals surface area contributed by atoms with Gasteiger partial charge in [-0.1, -0.05) is 5.21 Å². The summed E-state index contributed by atoms with van der Waals surface area (Å²) in [5.74, 6) is -0.484. The van der Waals surface area contributed by atoms with Crippen molar-refractivity contribution in [2.45, 2.75) is 84.1 Å². The molecule has 1 saturated heterocycles. The second-order valence-electron chi connectivity index (χ2n) is 8.99. The number of rotatable bonds is 17. The fourth-order valence-electron chi connectivity index (χ4n) is 3.45. The summed E-state index contributed by atoms with van der Waals surface area (Å²) in [5.41, 5.74) is 0.869. The molecule has 0 aromatic carbocycles. The van der Waals surface area contributed by atoms with Gasteiger partial charge in [-0.05, 0) is 34.6 Å². The Labute approximate surface area is 212 Å². The topological polar surface area (TPSA) is 156 Å². The van der Waals surface area contributed by atoms with Crippen LogP contribution in [-0.4, -0.2) is 120 Å². The number of hydrogen-bond donors (Lipinski definition) is 3. The Kier molecular flexibility index (Phi) is 13.7. The summed E-state index contributed by atoms with van der Waals surface area (Å²) >= 11 is 0. The minimum atomic E-state index is -1.34. The summed E-state index contributed by atoms with van der Waals surface area (Å²) in [6.07, 6.45) is -4.72. The number of aryl methyl sites for hydroxylation is 1. The Bertz CT molecular complexity index is 749. The van der Waals surface area contributed by atoms with Crippen LogP contribution in [0.3, 0.4) is 0 Å². The highest BCUT2D eigenvalue weighted by Gasteiger charge is 2.49. The van der Waals surface area contributed by atoms with Crippen molar-refractivity contribution in [1.82, 2.24) is 20.3 Å². The van der Waals surface area contributed by atoms with Gasteiger partial charge in [0.2, 0.25) is 0 Å². The molecule has 1 fully saturated rings. The van der Waals surface area contributed by atoms with E-state index in [4.69, 9.17) is 28.4 Å². The van der Waals surface area contributed by atoms with Crippen LogP contribution >= 0.6 is 0 Å². The molecule has 5 atom stereocenters. The third-order valence-corrected chi connectivity index (χ3v) is 5.05. The maximum atomic E-state index is 12.8. The molecular weight excluding hydrogens is 476 g/mol. The first kappa shape index (κ1) is 30.5. The van der Waals surface area contributed by atoms with E-state index in [0.29, 0.717) is 39.6 Å². The van der Waals surface area contributed by atoms with Crippen molar-refractivity contribution in [1.29, 1.82) is 0 Å². The Morgan fingerprint density at radius 3 is 2.19 bits per heavy atom. The third-order valence-electron chi connectivity index (χ3n) is 5.05. The van der Waals surface area contributed by atoms with Crippen LogP contribution in [-0.2, 0) is 39.8 Å². The van der Waals surface area contributed by atoms with Crippen molar-refractivity contribution in [3.63, 3.8) is 0 Å². The van der Waals surface area contributed by atoms with Gasteiger partial charge >= 0.3 is 0 Å². The average molecular weight is 519 g/mol. The summed E-state index contributed by atoms with van der Waals surface area (Å²) in [6, 6.07) is 0. The van der Waals surface area contributed by atoms with Crippen molar-refractivity contribution >= 4 is 5.91 Å². The van der Waals surface area contributed by atoms with E-state index in [-0.39, 0.29) is 25.4 Å². The average Bonchev–Trinajstić information content (AvgIpc) is 3.23. The van der Waals surface area contributed by atoms with E-state index in [1.807, 2.05) is 13.1 Å². The van der Waals surface area contributed by atoms with Gasteiger partial charge in [-0.2, -0.15) is 0 Å². The standard InChI is InChI=1S/C23H42N4O9/c1-15(2)34-20-18(28)19(29)23(35-16(3)4)36-21(20)22(30)24-6-8-31-10-12-33-13-11-32-9-7-27-14-17(5)25-26-27/h14-16,18-21,23,28-29H,6-13H2,1-5H3,(H,24,30)/t18-,19+,20+,21?,23-/m1/s1. The van der Waals surface area contributed by atoms with Gasteiger partial charge in [0.1, 0.15) is 18.3 Å². The lowest BCUT2D eigenvalue weighted by Crippen LogP contribution is -2.63. The Balaban J connectivity index is 1.58. The minimum Gasteiger partial charge on any atom is -0.387 e. The summed E-state index contributed by atoms with van der Waals surface area (Å²) in [4.78, 5) is 12.8. The highest BCUT2D eigenvalue weighted by Crippen LogP contribution is 2.26. The van der Waals surface area contributed by atoms with Crippen LogP contribution in [0.4, 0.5) is 0 Å². The zero-order valence-electron chi connectivity index (χ0n) is 21.9. The summed E-state index contributed by atoms with van der Waals surface area (Å²) in [7, 11) is 0. The molecule has 3 N–H and O–H groups in total. The number of hydrogen-bond acceptors (Lipinski definition) is 11. The maximum absolute atomic E-state index is 12.8. The largest absolute Gasteiger partial charge is 0.387 e. The lowest BCUT2D eigenvalue weighted by atomic mass is 9.97. The summed E-state index contributed by atoms with van der Waals surface area (Å²) in [6.45, 7) is 12.3. The molecule has 13 nitrogen and oxygen atoms in total. The predicted octanol–water partition coefficient (Wildman–Crippen LogP) is -0.582. The molecule has 0 radical (unpaired) electrons. The summed E-state index contributed by atoms with van der Waals surface area (Å²) < 4.78 is 35.0. The van der Waals surface area contributed by atoms with E-state index < -0.39 is 36.6 Å². The fourth-order valence-corrected chi connectivity index (χ4v) is 3.45. The highest BCUT2D eigenvalue weighted by molar-refractivity contribution is 5.81. The number of aromatic nitrogens is 3. The third kappa shape index (κ3) is 10.7. The van der Waals surface area contributed by atoms with Crippen molar-refractivity contribution in [3.8, 4) is 0 Å². The number of nitrogens with zero attached hydrogens (tertiary/aromatic N) is 3. The van der Waals surface area contributed by atoms with Crippen LogP contribution in [0.15, 0.2) is 6.20 Å². The van der Waals surface area contributed by atoms with Crippen LogP contribution in [0.1, 0.15) is 33.4 Å². The monoisotopic (exact) mass is 518 g/mol. The van der Waals surface area contributed by atoms with Crippen LogP contribution in [0.25, 0.3) is 0 Å². The number of nitrogens with one attached hydrogen (secondary N) is 1. The first-order valence-electron chi connectivity index (χ1n) is 12.4. The van der Waals surface area contributed by atoms with E-state index >= 15 is 0 Å². The van der Waals surface area contributed by atoms with Crippen molar-refractivity contribution in [3.05, 3.63) is 11.9 Å². The molecule has 2 rings (SSSR count). The molecule has 36 heavy (non-hydrogen) atoms. The van der Waals surface area contributed by atoms with E-state index in [1.54, 1.807) is 32.4 Å². The number of amides is 1. The van der Waals surface area contributed by atoms with Crippen LogP contribution < -0.4 is 5.32 Å². The lowest BCUT2D eigenvalue weighted by molar-refractivity contribution is -0.307. The molecule has 1 amide bonds. The first-order chi connectivity index (χ1) is 17.2. The normalized spacial score (nSPS) is 24.5. The molecule has 1 aliphatic rings. The number of aliphatic hydroxyl groups is 2. The van der Waals surface area contributed by atoms with E-state index in [1.165, 1.54) is 0 Å². The molecule has 1 aromatic rings. The second kappa shape index (κ2) is 16.2. The van der Waals surface area contributed by atoms with Crippen LogP contribution in [0.2, 0.25) is 0 Å². The summed E-state index contributed by atoms with van der Waals surface area (Å²) in [5, 5.41) is 31.4. The molecule has 2 heterocycles. The van der Waals surface area contributed by atoms with Crippen LogP contribution in [0, 0.1) is 6.92 Å². The van der Waals surface area contributed by atoms with E-state index in [2.05, 4.69) is 15.6 Å². The van der Waals surface area contributed by atoms with Crippen molar-refractivity contribution < 1.29 is 43.4 Å². The van der Waals surface area contributed by atoms with Gasteiger partial charge in [0.05, 0.1) is 64.1 Å². The minimum absolute atomic E-state index is 0.228. The highest BCUT2D eigenvalue weighted by atomic mass is 16.7. The molecule has 1 aliphatic heterocycles. The van der Waals surface area contributed by atoms with Gasteiger partial charge in [-0.25, -0.2) is 4.68 Å². The van der Waals surface area contributed by atoms with Gasteiger partial charge in [0.25, 0.3) is 5.91 Å². The van der Waals surface area contributed by atoms with Crippen LogP contribution in [0.5, 0.6) is 0 Å². The number of carbonyl (C=O) groups is 1. The molecule has 0 spiro atoms. The Morgan fingerprint density at radius 2 is 1.61 bits per heavy atom. The van der Waals surface area contributed by atoms with Gasteiger partial charge in [0, 0.05) is 12.7 Å². The van der Waals surface area contributed by atoms with E-state index in [9.17, 15) is 15.0 Å². The molecule has 0 aliphatic carbocycles. The van der Waals surface area contributed by atoms with Crippen molar-refractivity contribution in [2.75, 3.05) is 46.2 Å². The molecule has 1 aromatic heterocycles. The Hall–Kier alpha value is -1.71. The van der Waals surface area contributed by atoms with Gasteiger partial charge < -0.3 is 44.0 Å². The van der Waals surface area contributed by atoms with Gasteiger partial charge in [0.15, 0.2) is 12.4 Å². The molecular formula is C23H42N4O9. The zero-order valence-corrected chi connectivity index (χ0v) is 21.9. The molecule has 1 unspecified atom stereocenters. The Morgan fingerprint density at radius 1 is 1.00 bits per heavy atom. The lowest BCUT2D eigenvalue weighted by Gasteiger charge is -2.42. The predicted molar refractivity (Wildman–Crippen MR) is 127 cm³/mol. The maximum Gasteiger partial charge on any atom is 0.252 e.